The molecule has 0 aliphatic carbocycles. The van der Waals surface area contributed by atoms with E-state index in [0.29, 0.717) is 6.04 Å². The van der Waals surface area contributed by atoms with Gasteiger partial charge in [-0.15, -0.1) is 0 Å². The predicted molar refractivity (Wildman–Crippen MR) is 61.4 cm³/mol. The predicted octanol–water partition coefficient (Wildman–Crippen LogP) is 1.95. The lowest BCUT2D eigenvalue weighted by Crippen LogP contribution is -2.21. The van der Waals surface area contributed by atoms with E-state index in [2.05, 4.69) is 12.2 Å². The fourth-order valence-electron chi connectivity index (χ4n) is 1.51. The molecule has 1 unspecified atom stereocenters. The SMILES string of the molecule is CNC(C)CCc1cc(O)c(O)cc1C. The molecule has 0 radical (unpaired) electrons. The van der Waals surface area contributed by atoms with Crippen molar-refractivity contribution in [1.82, 2.24) is 5.32 Å². The second-order valence-corrected chi connectivity index (χ2v) is 4.00. The summed E-state index contributed by atoms with van der Waals surface area (Å²) < 4.78 is 0. The maximum absolute atomic E-state index is 9.38. The largest absolute Gasteiger partial charge is 0.504 e. The molecule has 0 amide bonds. The molecule has 1 aromatic carbocycles. The third kappa shape index (κ3) is 3.13. The third-order valence-corrected chi connectivity index (χ3v) is 2.77. The summed E-state index contributed by atoms with van der Waals surface area (Å²) >= 11 is 0. The van der Waals surface area contributed by atoms with Crippen LogP contribution in [-0.4, -0.2) is 23.3 Å². The van der Waals surface area contributed by atoms with E-state index in [-0.39, 0.29) is 11.5 Å². The number of hydrogen-bond donors (Lipinski definition) is 3. The molecule has 1 rings (SSSR count). The number of phenols is 2. The minimum absolute atomic E-state index is 0.0345. The lowest BCUT2D eigenvalue weighted by molar-refractivity contribution is 0.402. The Balaban J connectivity index is 2.73. The summed E-state index contributed by atoms with van der Waals surface area (Å²) in [5.74, 6) is -0.0781. The molecule has 0 aliphatic rings. The number of phenolic OH excluding ortho intramolecular Hbond substituents is 2. The molecule has 15 heavy (non-hydrogen) atoms. The molecule has 0 heterocycles. The van der Waals surface area contributed by atoms with Crippen molar-refractivity contribution in [2.24, 2.45) is 0 Å². The number of aromatic hydroxyl groups is 2. The third-order valence-electron chi connectivity index (χ3n) is 2.77. The Labute approximate surface area is 90.8 Å². The topological polar surface area (TPSA) is 52.5 Å². The average molecular weight is 209 g/mol. The molecule has 0 saturated heterocycles. The van der Waals surface area contributed by atoms with E-state index in [9.17, 15) is 10.2 Å². The number of hydrogen-bond acceptors (Lipinski definition) is 3. The highest BCUT2D eigenvalue weighted by molar-refractivity contribution is 5.45. The Morgan fingerprint density at radius 1 is 1.27 bits per heavy atom. The van der Waals surface area contributed by atoms with Gasteiger partial charge in [0.2, 0.25) is 0 Å². The average Bonchev–Trinajstić information content (AvgIpc) is 2.21. The van der Waals surface area contributed by atoms with Crippen LogP contribution >= 0.6 is 0 Å². The van der Waals surface area contributed by atoms with E-state index in [4.69, 9.17) is 0 Å². The van der Waals surface area contributed by atoms with Gasteiger partial charge in [-0.3, -0.25) is 0 Å². The molecule has 0 fully saturated rings. The van der Waals surface area contributed by atoms with E-state index in [1.807, 2.05) is 14.0 Å². The van der Waals surface area contributed by atoms with Crippen LogP contribution in [0.2, 0.25) is 0 Å². The van der Waals surface area contributed by atoms with Gasteiger partial charge in [0.15, 0.2) is 11.5 Å². The normalized spacial score (nSPS) is 12.7. The van der Waals surface area contributed by atoms with Crippen LogP contribution < -0.4 is 5.32 Å². The maximum Gasteiger partial charge on any atom is 0.157 e. The van der Waals surface area contributed by atoms with Crippen LogP contribution in [0.5, 0.6) is 11.5 Å². The van der Waals surface area contributed by atoms with Crippen LogP contribution in [0.15, 0.2) is 12.1 Å². The van der Waals surface area contributed by atoms with Crippen LogP contribution in [0.1, 0.15) is 24.5 Å². The summed E-state index contributed by atoms with van der Waals surface area (Å²) in [5.41, 5.74) is 2.11. The quantitative estimate of drug-likeness (QED) is 0.664. The first kappa shape index (κ1) is 11.9. The summed E-state index contributed by atoms with van der Waals surface area (Å²) in [4.78, 5) is 0. The van der Waals surface area contributed by atoms with Crippen molar-refractivity contribution in [3.05, 3.63) is 23.3 Å². The van der Waals surface area contributed by atoms with Gasteiger partial charge in [-0.2, -0.15) is 0 Å². The van der Waals surface area contributed by atoms with Crippen LogP contribution in [0.25, 0.3) is 0 Å². The van der Waals surface area contributed by atoms with Crippen molar-refractivity contribution in [3.63, 3.8) is 0 Å². The smallest absolute Gasteiger partial charge is 0.157 e. The molecule has 1 aromatic rings. The van der Waals surface area contributed by atoms with Gasteiger partial charge in [-0.05, 0) is 57.0 Å². The van der Waals surface area contributed by atoms with Crippen molar-refractivity contribution in [2.75, 3.05) is 7.05 Å². The van der Waals surface area contributed by atoms with Crippen molar-refractivity contribution in [3.8, 4) is 11.5 Å². The van der Waals surface area contributed by atoms with E-state index < -0.39 is 0 Å². The number of aryl methyl sites for hydroxylation is 2. The highest BCUT2D eigenvalue weighted by Crippen LogP contribution is 2.28. The van der Waals surface area contributed by atoms with Crippen molar-refractivity contribution < 1.29 is 10.2 Å². The van der Waals surface area contributed by atoms with Crippen molar-refractivity contribution in [1.29, 1.82) is 0 Å². The highest BCUT2D eigenvalue weighted by atomic mass is 16.3. The zero-order chi connectivity index (χ0) is 11.4. The van der Waals surface area contributed by atoms with Gasteiger partial charge >= 0.3 is 0 Å². The summed E-state index contributed by atoms with van der Waals surface area (Å²) in [6.45, 7) is 4.06. The van der Waals surface area contributed by atoms with Crippen molar-refractivity contribution in [2.45, 2.75) is 32.7 Å². The van der Waals surface area contributed by atoms with E-state index >= 15 is 0 Å². The maximum atomic E-state index is 9.38. The Morgan fingerprint density at radius 2 is 1.87 bits per heavy atom. The lowest BCUT2D eigenvalue weighted by Gasteiger charge is -2.12. The highest BCUT2D eigenvalue weighted by Gasteiger charge is 2.06. The molecule has 84 valence electrons. The summed E-state index contributed by atoms with van der Waals surface area (Å²) in [5, 5.41) is 21.8. The van der Waals surface area contributed by atoms with Crippen molar-refractivity contribution >= 4 is 0 Å². The minimum Gasteiger partial charge on any atom is -0.504 e. The van der Waals surface area contributed by atoms with Gasteiger partial charge in [-0.1, -0.05) is 0 Å². The Kier molecular flexibility index (Phi) is 3.97. The first-order valence-corrected chi connectivity index (χ1v) is 5.23. The monoisotopic (exact) mass is 209 g/mol. The molecule has 3 heteroatoms. The van der Waals surface area contributed by atoms with Crippen LogP contribution in [0, 0.1) is 6.92 Å². The molecule has 3 N–H and O–H groups in total. The standard InChI is InChI=1S/C12H19NO2/c1-8-6-11(14)12(15)7-10(8)5-4-9(2)13-3/h6-7,9,13-15H,4-5H2,1-3H3. The van der Waals surface area contributed by atoms with Crippen LogP contribution in [-0.2, 0) is 6.42 Å². The molecular formula is C12H19NO2. The second-order valence-electron chi connectivity index (χ2n) is 4.00. The molecular weight excluding hydrogens is 190 g/mol. The van der Waals surface area contributed by atoms with Gasteiger partial charge < -0.3 is 15.5 Å². The zero-order valence-corrected chi connectivity index (χ0v) is 9.54. The van der Waals surface area contributed by atoms with Gasteiger partial charge in [0.05, 0.1) is 0 Å². The van der Waals surface area contributed by atoms with Crippen LogP contribution in [0.3, 0.4) is 0 Å². The molecule has 0 spiro atoms. The van der Waals surface area contributed by atoms with Gasteiger partial charge in [0.25, 0.3) is 0 Å². The molecule has 1 atom stereocenters. The van der Waals surface area contributed by atoms with E-state index in [1.54, 1.807) is 12.1 Å². The Morgan fingerprint density at radius 3 is 2.47 bits per heavy atom. The molecule has 3 nitrogen and oxygen atoms in total. The van der Waals surface area contributed by atoms with Gasteiger partial charge in [-0.25, -0.2) is 0 Å². The molecule has 0 aromatic heterocycles. The summed E-state index contributed by atoms with van der Waals surface area (Å²) in [7, 11) is 1.94. The summed E-state index contributed by atoms with van der Waals surface area (Å²) in [6, 6.07) is 3.71. The summed E-state index contributed by atoms with van der Waals surface area (Å²) in [6.07, 6.45) is 1.92. The van der Waals surface area contributed by atoms with Crippen LogP contribution in [0.4, 0.5) is 0 Å². The lowest BCUT2D eigenvalue weighted by atomic mass is 10.0. The second kappa shape index (κ2) is 5.03. The molecule has 0 aliphatic heterocycles. The van der Waals surface area contributed by atoms with E-state index in [1.165, 1.54) is 0 Å². The fraction of sp³-hybridized carbons (Fsp3) is 0.500. The van der Waals surface area contributed by atoms with Gasteiger partial charge in [0.1, 0.15) is 0 Å². The zero-order valence-electron chi connectivity index (χ0n) is 9.54. The Hall–Kier alpha value is -1.22. The number of rotatable bonds is 4. The molecule has 0 saturated carbocycles. The fourth-order valence-corrected chi connectivity index (χ4v) is 1.51. The number of benzene rings is 1. The first-order valence-electron chi connectivity index (χ1n) is 5.23. The number of nitrogens with one attached hydrogen (secondary N) is 1. The molecule has 0 bridgehead atoms. The Bertz CT molecular complexity index is 337. The first-order chi connectivity index (χ1) is 7.04. The minimum atomic E-state index is -0.0436. The van der Waals surface area contributed by atoms with E-state index in [0.717, 1.165) is 24.0 Å². The van der Waals surface area contributed by atoms with Gasteiger partial charge in [0, 0.05) is 6.04 Å².